The number of halogens is 2. The minimum Gasteiger partial charge on any atom is -0.246 e. The van der Waals surface area contributed by atoms with Crippen molar-refractivity contribution < 1.29 is 4.39 Å². The first kappa shape index (κ1) is 11.1. The Balaban J connectivity index is 2.63. The maximum atomic E-state index is 13.8. The van der Waals surface area contributed by atoms with E-state index in [9.17, 15) is 4.39 Å². The molecule has 0 spiro atoms. The van der Waals surface area contributed by atoms with E-state index in [0.29, 0.717) is 5.92 Å². The van der Waals surface area contributed by atoms with Gasteiger partial charge < -0.3 is 0 Å². The fourth-order valence-corrected chi connectivity index (χ4v) is 2.61. The summed E-state index contributed by atoms with van der Waals surface area (Å²) in [4.78, 5) is 4.06. The average Bonchev–Trinajstić information content (AvgIpc) is 2.89. The molecule has 0 saturated heterocycles. The molecule has 0 N–H and O–H groups in total. The number of pyridine rings is 1. The molecular weight excluding hydrogens is 257 g/mol. The molecule has 0 bridgehead atoms. The van der Waals surface area contributed by atoms with Gasteiger partial charge in [-0.1, -0.05) is 20.8 Å². The lowest BCUT2D eigenvalue weighted by molar-refractivity contribution is 0.511. The van der Waals surface area contributed by atoms with Crippen LogP contribution in [0.5, 0.6) is 0 Å². The Morgan fingerprint density at radius 3 is 2.47 bits per heavy atom. The summed E-state index contributed by atoms with van der Waals surface area (Å²) in [5, 5.41) is 0. The van der Waals surface area contributed by atoms with Gasteiger partial charge in [-0.05, 0) is 45.7 Å². The van der Waals surface area contributed by atoms with Crippen molar-refractivity contribution in [1.82, 2.24) is 4.98 Å². The van der Waals surface area contributed by atoms with E-state index in [1.54, 1.807) is 0 Å². The largest absolute Gasteiger partial charge is 0.246 e. The molecule has 0 atom stereocenters. The molecule has 0 aliphatic heterocycles. The van der Waals surface area contributed by atoms with Crippen molar-refractivity contribution in [2.75, 3.05) is 0 Å². The van der Waals surface area contributed by atoms with Crippen LogP contribution in [0.2, 0.25) is 0 Å². The van der Waals surface area contributed by atoms with E-state index < -0.39 is 0 Å². The molecule has 1 saturated carbocycles. The highest BCUT2D eigenvalue weighted by Gasteiger charge is 2.34. The Morgan fingerprint density at radius 1 is 1.40 bits per heavy atom. The standard InChI is InChI=1S/C12H15BrFN/c1-12(2,3)10-8(14)6-15-11(13)9(10)7-4-5-7/h6-7H,4-5H2,1-3H3. The Morgan fingerprint density at radius 2 is 2.00 bits per heavy atom. The van der Waals surface area contributed by atoms with E-state index in [0.717, 1.165) is 28.6 Å². The minimum atomic E-state index is -0.174. The summed E-state index contributed by atoms with van der Waals surface area (Å²) in [6.07, 6.45) is 3.64. The fourth-order valence-electron chi connectivity index (χ4n) is 1.99. The lowest BCUT2D eigenvalue weighted by Gasteiger charge is -2.24. The van der Waals surface area contributed by atoms with Crippen molar-refractivity contribution in [3.05, 3.63) is 27.7 Å². The number of nitrogens with zero attached hydrogens (tertiary/aromatic N) is 1. The topological polar surface area (TPSA) is 12.9 Å². The van der Waals surface area contributed by atoms with Gasteiger partial charge in [0.25, 0.3) is 0 Å². The van der Waals surface area contributed by atoms with Crippen molar-refractivity contribution in [2.24, 2.45) is 0 Å². The fraction of sp³-hybridized carbons (Fsp3) is 0.583. The van der Waals surface area contributed by atoms with E-state index in [-0.39, 0.29) is 11.2 Å². The third kappa shape index (κ3) is 2.07. The lowest BCUT2D eigenvalue weighted by Crippen LogP contribution is -2.17. The molecule has 1 aromatic heterocycles. The van der Waals surface area contributed by atoms with Crippen molar-refractivity contribution in [2.45, 2.75) is 44.9 Å². The molecule has 15 heavy (non-hydrogen) atoms. The van der Waals surface area contributed by atoms with Crippen LogP contribution in [0, 0.1) is 5.82 Å². The van der Waals surface area contributed by atoms with E-state index in [2.05, 4.69) is 20.9 Å². The zero-order valence-corrected chi connectivity index (χ0v) is 10.9. The second-order valence-corrected chi connectivity index (χ2v) is 5.96. The second-order valence-electron chi connectivity index (χ2n) is 5.21. The van der Waals surface area contributed by atoms with Gasteiger partial charge in [-0.25, -0.2) is 9.37 Å². The normalized spacial score (nSPS) is 16.9. The van der Waals surface area contributed by atoms with Crippen LogP contribution in [0.1, 0.15) is 50.7 Å². The highest BCUT2D eigenvalue weighted by Crippen LogP contribution is 2.47. The summed E-state index contributed by atoms with van der Waals surface area (Å²) < 4.78 is 14.6. The summed E-state index contributed by atoms with van der Waals surface area (Å²) in [5.74, 6) is 0.337. The number of hydrogen-bond acceptors (Lipinski definition) is 1. The molecule has 1 fully saturated rings. The van der Waals surface area contributed by atoms with Gasteiger partial charge >= 0.3 is 0 Å². The van der Waals surface area contributed by atoms with Gasteiger partial charge in [-0.3, -0.25) is 0 Å². The monoisotopic (exact) mass is 271 g/mol. The van der Waals surface area contributed by atoms with Crippen LogP contribution in [-0.4, -0.2) is 4.98 Å². The predicted octanol–water partition coefficient (Wildman–Crippen LogP) is 4.16. The first-order valence-electron chi connectivity index (χ1n) is 5.25. The lowest BCUT2D eigenvalue weighted by atomic mass is 9.83. The Labute approximate surface area is 98.2 Å². The first-order valence-corrected chi connectivity index (χ1v) is 6.05. The second kappa shape index (κ2) is 3.55. The van der Waals surface area contributed by atoms with Gasteiger partial charge in [0.2, 0.25) is 0 Å². The van der Waals surface area contributed by atoms with Crippen LogP contribution in [0.4, 0.5) is 4.39 Å². The Bertz CT molecular complexity index is 391. The molecule has 2 rings (SSSR count). The van der Waals surface area contributed by atoms with Crippen LogP contribution in [0.25, 0.3) is 0 Å². The van der Waals surface area contributed by atoms with Gasteiger partial charge in [0.05, 0.1) is 6.20 Å². The van der Waals surface area contributed by atoms with Crippen molar-refractivity contribution in [3.8, 4) is 0 Å². The predicted molar refractivity (Wildman–Crippen MR) is 62.6 cm³/mol. The molecule has 1 aromatic rings. The average molecular weight is 272 g/mol. The third-order valence-corrected chi connectivity index (χ3v) is 3.39. The maximum absolute atomic E-state index is 13.8. The first-order chi connectivity index (χ1) is 6.91. The van der Waals surface area contributed by atoms with E-state index in [1.165, 1.54) is 6.20 Å². The summed E-state index contributed by atoms with van der Waals surface area (Å²) in [5.41, 5.74) is 1.75. The van der Waals surface area contributed by atoms with Crippen molar-refractivity contribution >= 4 is 15.9 Å². The maximum Gasteiger partial charge on any atom is 0.145 e. The van der Waals surface area contributed by atoms with Crippen LogP contribution in [0.3, 0.4) is 0 Å². The van der Waals surface area contributed by atoms with Gasteiger partial charge in [-0.15, -0.1) is 0 Å². The van der Waals surface area contributed by atoms with Crippen molar-refractivity contribution in [1.29, 1.82) is 0 Å². The third-order valence-electron chi connectivity index (χ3n) is 2.76. The van der Waals surface area contributed by atoms with Gasteiger partial charge in [-0.2, -0.15) is 0 Å². The molecule has 0 radical (unpaired) electrons. The quantitative estimate of drug-likeness (QED) is 0.699. The Hall–Kier alpha value is -0.440. The van der Waals surface area contributed by atoms with Gasteiger partial charge in [0.1, 0.15) is 10.4 Å². The van der Waals surface area contributed by atoms with E-state index in [4.69, 9.17) is 0 Å². The number of aromatic nitrogens is 1. The zero-order valence-electron chi connectivity index (χ0n) is 9.27. The molecule has 1 aliphatic carbocycles. The zero-order chi connectivity index (χ0) is 11.2. The van der Waals surface area contributed by atoms with Crippen LogP contribution < -0.4 is 0 Å². The molecule has 3 heteroatoms. The minimum absolute atomic E-state index is 0.159. The molecule has 1 aliphatic rings. The number of hydrogen-bond donors (Lipinski definition) is 0. The molecule has 0 aromatic carbocycles. The van der Waals surface area contributed by atoms with Crippen LogP contribution in [-0.2, 0) is 5.41 Å². The van der Waals surface area contributed by atoms with Gasteiger partial charge in [0.15, 0.2) is 0 Å². The molecule has 0 amide bonds. The summed E-state index contributed by atoms with van der Waals surface area (Å²) in [7, 11) is 0. The van der Waals surface area contributed by atoms with Crippen LogP contribution >= 0.6 is 15.9 Å². The molecule has 82 valence electrons. The SMILES string of the molecule is CC(C)(C)c1c(F)cnc(Br)c1C1CC1. The number of rotatable bonds is 1. The van der Waals surface area contributed by atoms with Crippen LogP contribution in [0.15, 0.2) is 10.8 Å². The van der Waals surface area contributed by atoms with E-state index in [1.807, 2.05) is 20.8 Å². The molecular formula is C12H15BrFN. The Kier molecular flexibility index (Phi) is 2.61. The summed E-state index contributed by atoms with van der Waals surface area (Å²) in [6, 6.07) is 0. The highest BCUT2D eigenvalue weighted by atomic mass is 79.9. The smallest absolute Gasteiger partial charge is 0.145 e. The highest BCUT2D eigenvalue weighted by molar-refractivity contribution is 9.10. The summed E-state index contributed by atoms with van der Waals surface area (Å²) in [6.45, 7) is 6.14. The molecule has 1 heterocycles. The molecule has 1 nitrogen and oxygen atoms in total. The van der Waals surface area contributed by atoms with Gasteiger partial charge in [0, 0.05) is 5.56 Å². The summed E-state index contributed by atoms with van der Waals surface area (Å²) >= 11 is 3.44. The van der Waals surface area contributed by atoms with Crippen molar-refractivity contribution in [3.63, 3.8) is 0 Å². The van der Waals surface area contributed by atoms with E-state index >= 15 is 0 Å². The molecule has 0 unspecified atom stereocenters.